The lowest BCUT2D eigenvalue weighted by molar-refractivity contribution is -0.118. The van der Waals surface area contributed by atoms with E-state index in [1.54, 1.807) is 5.57 Å². The van der Waals surface area contributed by atoms with Gasteiger partial charge in [0, 0.05) is 18.3 Å². The number of ketones is 1. The highest BCUT2D eigenvalue weighted by atomic mass is 16.3. The van der Waals surface area contributed by atoms with Crippen molar-refractivity contribution in [3.8, 4) is 0 Å². The van der Waals surface area contributed by atoms with Crippen LogP contribution in [0.2, 0.25) is 0 Å². The minimum atomic E-state index is -0.717. The second kappa shape index (κ2) is 7.09. The molecule has 4 atom stereocenters. The summed E-state index contributed by atoms with van der Waals surface area (Å²) < 4.78 is 0. The zero-order valence-corrected chi connectivity index (χ0v) is 17.5. The van der Waals surface area contributed by atoms with E-state index in [1.165, 1.54) is 11.1 Å². The van der Waals surface area contributed by atoms with Gasteiger partial charge < -0.3 is 5.11 Å². The molecule has 4 aliphatic carbocycles. The van der Waals surface area contributed by atoms with Crippen LogP contribution >= 0.6 is 0 Å². The van der Waals surface area contributed by atoms with Gasteiger partial charge in [0.15, 0.2) is 0 Å². The van der Waals surface area contributed by atoms with E-state index >= 15 is 0 Å². The summed E-state index contributed by atoms with van der Waals surface area (Å²) in [6.45, 7) is 2.28. The number of fused-ring (bicyclic) bond motifs is 4. The second-order valence-corrected chi connectivity index (χ2v) is 9.61. The van der Waals surface area contributed by atoms with Crippen LogP contribution in [0.15, 0.2) is 59.2 Å². The highest BCUT2D eigenvalue weighted by molar-refractivity contribution is 5.84. The van der Waals surface area contributed by atoms with E-state index in [-0.39, 0.29) is 5.41 Å². The first-order chi connectivity index (χ1) is 14.1. The Morgan fingerprint density at radius 2 is 1.97 bits per heavy atom. The smallest absolute Gasteiger partial charge is 0.137 e. The molecule has 0 aliphatic heterocycles. The molecular formula is C27H32O2. The summed E-state index contributed by atoms with van der Waals surface area (Å²) in [6.07, 6.45) is 15.1. The van der Waals surface area contributed by atoms with E-state index in [0.717, 1.165) is 56.9 Å². The third kappa shape index (κ3) is 2.91. The Morgan fingerprint density at radius 3 is 2.76 bits per heavy atom. The van der Waals surface area contributed by atoms with Crippen LogP contribution in [0.4, 0.5) is 0 Å². The van der Waals surface area contributed by atoms with Gasteiger partial charge in [-0.3, -0.25) is 4.79 Å². The lowest BCUT2D eigenvalue weighted by atomic mass is 9.53. The Kier molecular flexibility index (Phi) is 4.66. The molecule has 2 heteroatoms. The Balaban J connectivity index is 1.47. The summed E-state index contributed by atoms with van der Waals surface area (Å²) in [5, 5.41) is 11.9. The Morgan fingerprint density at radius 1 is 1.14 bits per heavy atom. The van der Waals surface area contributed by atoms with Crippen LogP contribution in [0.25, 0.3) is 6.08 Å². The zero-order chi connectivity index (χ0) is 20.1. The van der Waals surface area contributed by atoms with Crippen molar-refractivity contribution in [2.24, 2.45) is 17.3 Å². The van der Waals surface area contributed by atoms with Crippen molar-refractivity contribution in [2.75, 3.05) is 0 Å². The minimum absolute atomic E-state index is 0.0250. The van der Waals surface area contributed by atoms with Crippen LogP contribution in [-0.2, 0) is 4.79 Å². The summed E-state index contributed by atoms with van der Waals surface area (Å²) >= 11 is 0. The third-order valence-corrected chi connectivity index (χ3v) is 8.60. The van der Waals surface area contributed by atoms with Crippen molar-refractivity contribution in [2.45, 2.75) is 70.3 Å². The molecule has 0 radical (unpaired) electrons. The van der Waals surface area contributed by atoms with E-state index in [9.17, 15) is 9.90 Å². The largest absolute Gasteiger partial charge is 0.385 e. The molecule has 4 aliphatic rings. The molecule has 0 spiro atoms. The molecule has 1 aromatic carbocycles. The monoisotopic (exact) mass is 388 g/mol. The molecule has 3 fully saturated rings. The Labute approximate surface area is 174 Å². The topological polar surface area (TPSA) is 37.3 Å². The molecule has 0 bridgehead atoms. The SMILES string of the molecule is CCC12CCC3=C4CCC(=O)CC4=CCC3C1CC[C@@]2(O)C=Cc1ccccc1. The molecular weight excluding hydrogens is 356 g/mol. The predicted octanol–water partition coefficient (Wildman–Crippen LogP) is 6.03. The van der Waals surface area contributed by atoms with Gasteiger partial charge in [-0.1, -0.05) is 61.1 Å². The normalized spacial score (nSPS) is 36.6. The van der Waals surface area contributed by atoms with Gasteiger partial charge >= 0.3 is 0 Å². The maximum Gasteiger partial charge on any atom is 0.137 e. The molecule has 0 heterocycles. The summed E-state index contributed by atoms with van der Waals surface area (Å²) in [5.41, 5.74) is 4.90. The van der Waals surface area contributed by atoms with Crippen molar-refractivity contribution in [3.05, 3.63) is 64.8 Å². The van der Waals surface area contributed by atoms with E-state index < -0.39 is 5.60 Å². The maximum absolute atomic E-state index is 11.9. The molecule has 0 saturated heterocycles. The van der Waals surface area contributed by atoms with Gasteiger partial charge in [-0.15, -0.1) is 0 Å². The molecule has 1 N–H and O–H groups in total. The van der Waals surface area contributed by atoms with Crippen molar-refractivity contribution < 1.29 is 9.90 Å². The van der Waals surface area contributed by atoms with Gasteiger partial charge in [0.05, 0.1) is 5.60 Å². The van der Waals surface area contributed by atoms with Crippen molar-refractivity contribution in [1.29, 1.82) is 0 Å². The molecule has 0 amide bonds. The number of aliphatic hydroxyl groups is 1. The first-order valence-corrected chi connectivity index (χ1v) is 11.5. The van der Waals surface area contributed by atoms with Gasteiger partial charge in [0.2, 0.25) is 0 Å². The van der Waals surface area contributed by atoms with E-state index in [0.29, 0.717) is 24.0 Å². The van der Waals surface area contributed by atoms with Crippen LogP contribution < -0.4 is 0 Å². The molecule has 5 rings (SSSR count). The van der Waals surface area contributed by atoms with Crippen LogP contribution in [0.5, 0.6) is 0 Å². The lowest BCUT2D eigenvalue weighted by Gasteiger charge is -2.52. The summed E-state index contributed by atoms with van der Waals surface area (Å²) in [4.78, 5) is 11.9. The fourth-order valence-corrected chi connectivity index (χ4v) is 7.13. The molecule has 1 aromatic rings. The quantitative estimate of drug-likeness (QED) is 0.687. The average Bonchev–Trinajstić information content (AvgIpc) is 3.06. The van der Waals surface area contributed by atoms with E-state index in [1.807, 2.05) is 6.07 Å². The number of carbonyl (C=O) groups excluding carboxylic acids is 1. The molecule has 29 heavy (non-hydrogen) atoms. The number of hydrogen-bond acceptors (Lipinski definition) is 2. The van der Waals surface area contributed by atoms with Crippen LogP contribution in [0.3, 0.4) is 0 Å². The van der Waals surface area contributed by atoms with Gasteiger partial charge in [0.1, 0.15) is 5.78 Å². The molecule has 152 valence electrons. The van der Waals surface area contributed by atoms with Gasteiger partial charge in [-0.2, -0.15) is 0 Å². The highest BCUT2D eigenvalue weighted by Crippen LogP contribution is 2.65. The van der Waals surface area contributed by atoms with Crippen molar-refractivity contribution in [1.82, 2.24) is 0 Å². The highest BCUT2D eigenvalue weighted by Gasteiger charge is 2.61. The zero-order valence-electron chi connectivity index (χ0n) is 17.5. The van der Waals surface area contributed by atoms with Gasteiger partial charge in [-0.25, -0.2) is 0 Å². The minimum Gasteiger partial charge on any atom is -0.385 e. The first kappa shape index (κ1) is 19.1. The van der Waals surface area contributed by atoms with Crippen molar-refractivity contribution >= 4 is 11.9 Å². The van der Waals surface area contributed by atoms with Gasteiger partial charge in [-0.05, 0) is 73.5 Å². The maximum atomic E-state index is 11.9. The van der Waals surface area contributed by atoms with Crippen LogP contribution in [0, 0.1) is 17.3 Å². The van der Waals surface area contributed by atoms with E-state index in [2.05, 4.69) is 49.4 Å². The van der Waals surface area contributed by atoms with Crippen molar-refractivity contribution in [3.63, 3.8) is 0 Å². The van der Waals surface area contributed by atoms with Crippen LogP contribution in [0.1, 0.15) is 70.3 Å². The summed E-state index contributed by atoms with van der Waals surface area (Å²) in [7, 11) is 0. The summed E-state index contributed by atoms with van der Waals surface area (Å²) in [6, 6.07) is 10.3. The van der Waals surface area contributed by atoms with Gasteiger partial charge in [0.25, 0.3) is 0 Å². The predicted molar refractivity (Wildman–Crippen MR) is 117 cm³/mol. The number of rotatable bonds is 3. The number of benzene rings is 1. The average molecular weight is 389 g/mol. The molecule has 0 aromatic heterocycles. The first-order valence-electron chi connectivity index (χ1n) is 11.5. The number of hydrogen-bond donors (Lipinski definition) is 1. The standard InChI is InChI=1S/C27H32O2/c1-2-26-15-13-23-22-11-9-21(28)18-20(22)8-10-24(23)25(26)14-17-27(26,29)16-12-19-6-4-3-5-7-19/h3-8,12,16,24-25,29H,2,9-11,13-15,17-18H2,1H3/t24?,25?,26?,27-/m0/s1. The number of carbonyl (C=O) groups is 1. The molecule has 3 unspecified atom stereocenters. The Bertz CT molecular complexity index is 906. The van der Waals surface area contributed by atoms with Crippen LogP contribution in [-0.4, -0.2) is 16.5 Å². The third-order valence-electron chi connectivity index (χ3n) is 8.60. The number of allylic oxidation sites excluding steroid dienone is 4. The summed E-state index contributed by atoms with van der Waals surface area (Å²) in [5.74, 6) is 1.51. The molecule has 3 saturated carbocycles. The fraction of sp³-hybridized carbons (Fsp3) is 0.519. The Hall–Kier alpha value is -1.93. The van der Waals surface area contributed by atoms with E-state index in [4.69, 9.17) is 0 Å². The second-order valence-electron chi connectivity index (χ2n) is 9.61. The molecule has 2 nitrogen and oxygen atoms in total. The number of Topliss-reactive ketones (excluding diaryl/α,β-unsaturated/α-hetero) is 1. The fourth-order valence-electron chi connectivity index (χ4n) is 7.13. The lowest BCUT2D eigenvalue weighted by Crippen LogP contribution is -2.50.